The van der Waals surface area contributed by atoms with Crippen LogP contribution in [0.25, 0.3) is 0 Å². The lowest BCUT2D eigenvalue weighted by molar-refractivity contribution is 0.0382. The van der Waals surface area contributed by atoms with Gasteiger partial charge in [-0.15, -0.1) is 0 Å². The van der Waals surface area contributed by atoms with Gasteiger partial charge in [0.2, 0.25) is 5.69 Å². The molecule has 0 aliphatic carbocycles. The van der Waals surface area contributed by atoms with E-state index in [1.807, 2.05) is 0 Å². The number of carboxylic acid groups (broad SMARTS) is 1. The van der Waals surface area contributed by atoms with Gasteiger partial charge in [-0.25, -0.2) is 9.42 Å². The number of aromatic nitrogens is 2. The summed E-state index contributed by atoms with van der Waals surface area (Å²) >= 11 is 0. The molecule has 0 amide bonds. The standard InChI is InChI=1S/C9H13N3O4/c13-9(14)8-7(10-16-11-8)1-2-12-3-5-15-6-4-12/h1-6H2,(H,13,14). The number of nitrogens with zero attached hydrogens (tertiary/aromatic N) is 3. The average molecular weight is 227 g/mol. The van der Waals surface area contributed by atoms with E-state index in [1.54, 1.807) is 0 Å². The smallest absolute Gasteiger partial charge is 0.360 e. The van der Waals surface area contributed by atoms with Crippen molar-refractivity contribution in [2.75, 3.05) is 32.8 Å². The van der Waals surface area contributed by atoms with Crippen molar-refractivity contribution in [1.29, 1.82) is 0 Å². The second-order valence-electron chi connectivity index (χ2n) is 3.57. The molecule has 2 rings (SSSR count). The van der Waals surface area contributed by atoms with Crippen molar-refractivity contribution in [1.82, 2.24) is 15.2 Å². The highest BCUT2D eigenvalue weighted by molar-refractivity contribution is 5.86. The largest absolute Gasteiger partial charge is 0.476 e. The first-order valence-electron chi connectivity index (χ1n) is 5.12. The molecule has 2 heterocycles. The minimum absolute atomic E-state index is 0.0896. The third kappa shape index (κ3) is 2.56. The summed E-state index contributed by atoms with van der Waals surface area (Å²) in [4.78, 5) is 12.9. The van der Waals surface area contributed by atoms with Crippen LogP contribution in [0.5, 0.6) is 0 Å². The maximum atomic E-state index is 10.7. The molecule has 1 aliphatic rings. The molecule has 1 saturated heterocycles. The maximum Gasteiger partial charge on any atom is 0.360 e. The zero-order chi connectivity index (χ0) is 11.4. The quantitative estimate of drug-likeness (QED) is 0.751. The third-order valence-corrected chi connectivity index (χ3v) is 2.53. The van der Waals surface area contributed by atoms with Crippen molar-refractivity contribution >= 4 is 5.97 Å². The van der Waals surface area contributed by atoms with Crippen LogP contribution in [0.3, 0.4) is 0 Å². The highest BCUT2D eigenvalue weighted by atomic mass is 16.6. The van der Waals surface area contributed by atoms with Crippen LogP contribution >= 0.6 is 0 Å². The van der Waals surface area contributed by atoms with E-state index in [4.69, 9.17) is 9.84 Å². The van der Waals surface area contributed by atoms with Crippen LogP contribution in [0.2, 0.25) is 0 Å². The van der Waals surface area contributed by atoms with Crippen LogP contribution in [0.1, 0.15) is 16.2 Å². The van der Waals surface area contributed by atoms with Gasteiger partial charge in [0.05, 0.1) is 13.2 Å². The van der Waals surface area contributed by atoms with Crippen LogP contribution in [-0.4, -0.2) is 59.1 Å². The number of aromatic carboxylic acids is 1. The predicted molar refractivity (Wildman–Crippen MR) is 52.2 cm³/mol. The Bertz CT molecular complexity index is 359. The Morgan fingerprint density at radius 3 is 2.81 bits per heavy atom. The first kappa shape index (κ1) is 11.0. The van der Waals surface area contributed by atoms with Gasteiger partial charge in [-0.2, -0.15) is 0 Å². The van der Waals surface area contributed by atoms with Crippen molar-refractivity contribution in [3.05, 3.63) is 11.4 Å². The van der Waals surface area contributed by atoms with Crippen LogP contribution < -0.4 is 0 Å². The Labute approximate surface area is 91.9 Å². The summed E-state index contributed by atoms with van der Waals surface area (Å²) in [6.07, 6.45) is 0.533. The van der Waals surface area contributed by atoms with E-state index in [0.717, 1.165) is 32.8 Å². The summed E-state index contributed by atoms with van der Waals surface area (Å²) in [5.41, 5.74) is 0.312. The first-order valence-corrected chi connectivity index (χ1v) is 5.12. The van der Waals surface area contributed by atoms with Crippen molar-refractivity contribution in [2.24, 2.45) is 0 Å². The molecule has 0 atom stereocenters. The number of hydrogen-bond donors (Lipinski definition) is 1. The van der Waals surface area contributed by atoms with Crippen LogP contribution in [0.4, 0.5) is 0 Å². The number of carboxylic acids is 1. The molecule has 88 valence electrons. The molecule has 16 heavy (non-hydrogen) atoms. The highest BCUT2D eigenvalue weighted by Gasteiger charge is 2.18. The van der Waals surface area contributed by atoms with Crippen LogP contribution in [0.15, 0.2) is 4.63 Å². The fraction of sp³-hybridized carbons (Fsp3) is 0.667. The van der Waals surface area contributed by atoms with Gasteiger partial charge in [-0.3, -0.25) is 4.90 Å². The Morgan fingerprint density at radius 1 is 1.38 bits per heavy atom. The summed E-state index contributed by atoms with van der Waals surface area (Å²) < 4.78 is 9.64. The molecular weight excluding hydrogens is 214 g/mol. The molecule has 1 aromatic rings. The summed E-state index contributed by atoms with van der Waals surface area (Å²) in [6, 6.07) is 0. The van der Waals surface area contributed by atoms with Crippen LogP contribution in [0, 0.1) is 0 Å². The summed E-state index contributed by atoms with van der Waals surface area (Å²) in [5.74, 6) is -1.10. The Balaban J connectivity index is 1.88. The predicted octanol–water partition coefficient (Wildman–Crippen LogP) is -0.357. The van der Waals surface area contributed by atoms with Crippen molar-refractivity contribution in [3.8, 4) is 0 Å². The van der Waals surface area contributed by atoms with E-state index in [9.17, 15) is 4.79 Å². The molecule has 0 bridgehead atoms. The van der Waals surface area contributed by atoms with Crippen LogP contribution in [-0.2, 0) is 11.2 Å². The second kappa shape index (κ2) is 5.04. The van der Waals surface area contributed by atoms with Gasteiger partial charge >= 0.3 is 5.97 Å². The van der Waals surface area contributed by atoms with Gasteiger partial charge in [0, 0.05) is 26.1 Å². The van der Waals surface area contributed by atoms with E-state index in [1.165, 1.54) is 0 Å². The Morgan fingerprint density at radius 2 is 2.12 bits per heavy atom. The molecule has 1 N–H and O–H groups in total. The fourth-order valence-electron chi connectivity index (χ4n) is 1.62. The SMILES string of the molecule is O=C(O)c1nonc1CCN1CCOCC1. The number of rotatable bonds is 4. The number of morpholine rings is 1. The van der Waals surface area contributed by atoms with E-state index in [2.05, 4.69) is 19.8 Å². The molecule has 1 fully saturated rings. The van der Waals surface area contributed by atoms with E-state index < -0.39 is 5.97 Å². The average Bonchev–Trinajstić information content (AvgIpc) is 2.76. The number of ether oxygens (including phenoxy) is 1. The summed E-state index contributed by atoms with van der Waals surface area (Å²) in [6.45, 7) is 3.94. The van der Waals surface area contributed by atoms with Crippen molar-refractivity contribution < 1.29 is 19.3 Å². The molecule has 1 aliphatic heterocycles. The third-order valence-electron chi connectivity index (χ3n) is 2.53. The summed E-state index contributed by atoms with van der Waals surface area (Å²) in [7, 11) is 0. The van der Waals surface area contributed by atoms with Gasteiger partial charge in [0.1, 0.15) is 5.69 Å². The Kier molecular flexibility index (Phi) is 3.47. The molecule has 7 nitrogen and oxygen atoms in total. The second-order valence-corrected chi connectivity index (χ2v) is 3.57. The van der Waals surface area contributed by atoms with Crippen molar-refractivity contribution in [2.45, 2.75) is 6.42 Å². The van der Waals surface area contributed by atoms with Gasteiger partial charge in [-0.1, -0.05) is 5.16 Å². The highest BCUT2D eigenvalue weighted by Crippen LogP contribution is 2.06. The van der Waals surface area contributed by atoms with Gasteiger partial charge in [-0.05, 0) is 5.16 Å². The lowest BCUT2D eigenvalue weighted by Crippen LogP contribution is -2.37. The molecular formula is C9H13N3O4. The first-order chi connectivity index (χ1) is 7.77. The lowest BCUT2D eigenvalue weighted by Gasteiger charge is -2.25. The molecule has 0 saturated carbocycles. The van der Waals surface area contributed by atoms with E-state index >= 15 is 0 Å². The lowest BCUT2D eigenvalue weighted by atomic mass is 10.2. The molecule has 0 radical (unpaired) electrons. The topological polar surface area (TPSA) is 88.7 Å². The van der Waals surface area contributed by atoms with Gasteiger partial charge in [0.25, 0.3) is 0 Å². The minimum atomic E-state index is -1.10. The number of carbonyl (C=O) groups is 1. The van der Waals surface area contributed by atoms with Gasteiger partial charge in [0.15, 0.2) is 0 Å². The minimum Gasteiger partial charge on any atom is -0.476 e. The molecule has 1 aromatic heterocycles. The molecule has 0 unspecified atom stereocenters. The van der Waals surface area contributed by atoms with Crippen molar-refractivity contribution in [3.63, 3.8) is 0 Å². The molecule has 0 aromatic carbocycles. The zero-order valence-electron chi connectivity index (χ0n) is 8.76. The maximum absolute atomic E-state index is 10.7. The Hall–Kier alpha value is -1.47. The number of hydrogen-bond acceptors (Lipinski definition) is 6. The molecule has 7 heteroatoms. The fourth-order valence-corrected chi connectivity index (χ4v) is 1.62. The monoisotopic (exact) mass is 227 g/mol. The van der Waals surface area contributed by atoms with E-state index in [0.29, 0.717) is 12.1 Å². The summed E-state index contributed by atoms with van der Waals surface area (Å²) in [5, 5.41) is 15.7. The normalized spacial score (nSPS) is 17.5. The van der Waals surface area contributed by atoms with Gasteiger partial charge < -0.3 is 9.84 Å². The van der Waals surface area contributed by atoms with E-state index in [-0.39, 0.29) is 5.69 Å². The molecule has 0 spiro atoms. The zero-order valence-corrected chi connectivity index (χ0v) is 8.76.